The minimum Gasteiger partial charge on any atom is -0.294 e. The van der Waals surface area contributed by atoms with Crippen LogP contribution in [0, 0.1) is 6.92 Å². The maximum absolute atomic E-state index is 12.0. The number of Topliss-reactive ketones (excluding diaryl/α,β-unsaturated/α-hetero) is 1. The third-order valence-corrected chi connectivity index (χ3v) is 4.00. The molecule has 1 nitrogen and oxygen atoms in total. The summed E-state index contributed by atoms with van der Waals surface area (Å²) in [6, 6.07) is 14.7. The monoisotopic (exact) mass is 250 g/mol. The molecule has 0 N–H and O–H groups in total. The van der Waals surface area contributed by atoms with E-state index in [1.807, 2.05) is 6.07 Å². The van der Waals surface area contributed by atoms with E-state index in [0.29, 0.717) is 6.42 Å². The Morgan fingerprint density at radius 1 is 1.00 bits per heavy atom. The lowest BCUT2D eigenvalue weighted by Crippen LogP contribution is -2.12. The average Bonchev–Trinajstić information content (AvgIpc) is 2.59. The van der Waals surface area contributed by atoms with Crippen molar-refractivity contribution in [1.82, 2.24) is 0 Å². The summed E-state index contributed by atoms with van der Waals surface area (Å²) in [5, 5.41) is 0. The number of fused-ring (bicyclic) bond motifs is 1. The fourth-order valence-electron chi connectivity index (χ4n) is 2.94. The van der Waals surface area contributed by atoms with Crippen molar-refractivity contribution in [2.45, 2.75) is 32.6 Å². The zero-order valence-electron chi connectivity index (χ0n) is 11.7. The number of rotatable bonds is 1. The van der Waals surface area contributed by atoms with Gasteiger partial charge in [-0.3, -0.25) is 4.79 Å². The van der Waals surface area contributed by atoms with Crippen LogP contribution in [0.2, 0.25) is 0 Å². The van der Waals surface area contributed by atoms with Gasteiger partial charge < -0.3 is 0 Å². The molecule has 1 aliphatic rings. The first-order valence-corrected chi connectivity index (χ1v) is 6.72. The molecular formula is C18H18O. The molecule has 1 heteroatoms. The van der Waals surface area contributed by atoms with E-state index >= 15 is 0 Å². The van der Waals surface area contributed by atoms with Crippen molar-refractivity contribution in [1.29, 1.82) is 0 Å². The summed E-state index contributed by atoms with van der Waals surface area (Å²) in [6.07, 6.45) is 0.625. The second kappa shape index (κ2) is 4.06. The van der Waals surface area contributed by atoms with E-state index in [2.05, 4.69) is 57.2 Å². The molecule has 0 aromatic heterocycles. The molecule has 0 unspecified atom stereocenters. The Morgan fingerprint density at radius 2 is 1.74 bits per heavy atom. The highest BCUT2D eigenvalue weighted by molar-refractivity contribution is 6.02. The van der Waals surface area contributed by atoms with Crippen molar-refractivity contribution in [3.8, 4) is 11.1 Å². The third-order valence-electron chi connectivity index (χ3n) is 4.00. The fraction of sp³-hybridized carbons (Fsp3) is 0.278. The van der Waals surface area contributed by atoms with Crippen molar-refractivity contribution < 1.29 is 4.79 Å². The van der Waals surface area contributed by atoms with Gasteiger partial charge in [-0.05, 0) is 35.1 Å². The minimum atomic E-state index is -0.0355. The van der Waals surface area contributed by atoms with Crippen LogP contribution < -0.4 is 0 Å². The van der Waals surface area contributed by atoms with Crippen LogP contribution in [0.25, 0.3) is 11.1 Å². The van der Waals surface area contributed by atoms with Crippen molar-refractivity contribution in [3.63, 3.8) is 0 Å². The number of carbonyl (C=O) groups excluding carboxylic acids is 1. The van der Waals surface area contributed by atoms with Crippen LogP contribution in [0.15, 0.2) is 42.5 Å². The summed E-state index contributed by atoms with van der Waals surface area (Å²) in [7, 11) is 0. The van der Waals surface area contributed by atoms with Crippen LogP contribution in [0.1, 0.15) is 41.8 Å². The Labute approximate surface area is 114 Å². The van der Waals surface area contributed by atoms with Crippen LogP contribution in [0.3, 0.4) is 0 Å². The maximum Gasteiger partial charge on any atom is 0.164 e. The van der Waals surface area contributed by atoms with Gasteiger partial charge in [0.15, 0.2) is 5.78 Å². The number of carbonyl (C=O) groups is 1. The second-order valence-corrected chi connectivity index (χ2v) is 6.11. The fourth-order valence-corrected chi connectivity index (χ4v) is 2.94. The van der Waals surface area contributed by atoms with Crippen LogP contribution in [0.5, 0.6) is 0 Å². The highest BCUT2D eigenvalue weighted by Crippen LogP contribution is 2.40. The van der Waals surface area contributed by atoms with Crippen molar-refractivity contribution in [2.24, 2.45) is 0 Å². The standard InChI is InChI=1S/C18H18O/c1-12-5-4-6-13(9-12)14-7-8-15-16(10-14)18(2,3)11-17(15)19/h4-10H,11H2,1-3H3. The summed E-state index contributed by atoms with van der Waals surface area (Å²) in [4.78, 5) is 12.0. The normalized spacial score (nSPS) is 16.5. The molecular weight excluding hydrogens is 232 g/mol. The largest absolute Gasteiger partial charge is 0.294 e. The lowest BCUT2D eigenvalue weighted by atomic mass is 9.85. The molecule has 1 aliphatic carbocycles. The highest BCUT2D eigenvalue weighted by Gasteiger charge is 2.35. The van der Waals surface area contributed by atoms with Gasteiger partial charge in [0.2, 0.25) is 0 Å². The number of hydrogen-bond donors (Lipinski definition) is 0. The first-order valence-electron chi connectivity index (χ1n) is 6.72. The zero-order valence-corrected chi connectivity index (χ0v) is 11.7. The Bertz CT molecular complexity index is 665. The predicted octanol–water partition coefficient (Wildman–Crippen LogP) is 4.53. The summed E-state index contributed by atoms with van der Waals surface area (Å²) < 4.78 is 0. The van der Waals surface area contributed by atoms with Crippen LogP contribution in [0.4, 0.5) is 0 Å². The second-order valence-electron chi connectivity index (χ2n) is 6.11. The van der Waals surface area contributed by atoms with E-state index in [1.54, 1.807) is 0 Å². The van der Waals surface area contributed by atoms with E-state index < -0.39 is 0 Å². The van der Waals surface area contributed by atoms with Gasteiger partial charge in [0.05, 0.1) is 0 Å². The van der Waals surface area contributed by atoms with Crippen molar-refractivity contribution in [3.05, 3.63) is 59.2 Å². The van der Waals surface area contributed by atoms with Gasteiger partial charge in [-0.1, -0.05) is 55.8 Å². The zero-order chi connectivity index (χ0) is 13.6. The summed E-state index contributed by atoms with van der Waals surface area (Å²) >= 11 is 0. The lowest BCUT2D eigenvalue weighted by molar-refractivity contribution is 0.0979. The summed E-state index contributed by atoms with van der Waals surface area (Å²) in [6.45, 7) is 6.40. The van der Waals surface area contributed by atoms with Crippen LogP contribution >= 0.6 is 0 Å². The molecule has 2 aromatic rings. The molecule has 0 amide bonds. The molecule has 2 aromatic carbocycles. The number of ketones is 1. The first kappa shape index (κ1) is 12.2. The topological polar surface area (TPSA) is 17.1 Å². The molecule has 0 saturated carbocycles. The SMILES string of the molecule is Cc1cccc(-c2ccc3c(c2)C(C)(C)CC3=O)c1. The van der Waals surface area contributed by atoms with Gasteiger partial charge in [0.25, 0.3) is 0 Å². The molecule has 3 rings (SSSR count). The first-order chi connectivity index (χ1) is 8.97. The van der Waals surface area contributed by atoms with Gasteiger partial charge in [-0.25, -0.2) is 0 Å². The summed E-state index contributed by atoms with van der Waals surface area (Å²) in [5.41, 5.74) is 5.74. The smallest absolute Gasteiger partial charge is 0.164 e. The average molecular weight is 250 g/mol. The van der Waals surface area contributed by atoms with Gasteiger partial charge in [-0.15, -0.1) is 0 Å². The Hall–Kier alpha value is -1.89. The van der Waals surface area contributed by atoms with Gasteiger partial charge in [0, 0.05) is 12.0 Å². The molecule has 0 bridgehead atoms. The molecule has 0 atom stereocenters. The van der Waals surface area contributed by atoms with E-state index in [0.717, 1.165) is 5.56 Å². The molecule has 19 heavy (non-hydrogen) atoms. The molecule has 0 heterocycles. The summed E-state index contributed by atoms with van der Waals surface area (Å²) in [5.74, 6) is 0.274. The van der Waals surface area contributed by atoms with Crippen LogP contribution in [-0.4, -0.2) is 5.78 Å². The van der Waals surface area contributed by atoms with Gasteiger partial charge >= 0.3 is 0 Å². The Kier molecular flexibility index (Phi) is 2.60. The van der Waals surface area contributed by atoms with Crippen molar-refractivity contribution >= 4 is 5.78 Å². The van der Waals surface area contributed by atoms with Crippen LogP contribution in [-0.2, 0) is 5.41 Å². The number of benzene rings is 2. The number of aryl methyl sites for hydroxylation is 1. The van der Waals surface area contributed by atoms with E-state index in [-0.39, 0.29) is 11.2 Å². The molecule has 0 aliphatic heterocycles. The quantitative estimate of drug-likeness (QED) is 0.727. The van der Waals surface area contributed by atoms with E-state index in [1.165, 1.54) is 22.3 Å². The predicted molar refractivity (Wildman–Crippen MR) is 78.6 cm³/mol. The molecule has 0 saturated heterocycles. The molecule has 0 fully saturated rings. The Morgan fingerprint density at radius 3 is 2.47 bits per heavy atom. The Balaban J connectivity index is 2.15. The maximum atomic E-state index is 12.0. The molecule has 0 spiro atoms. The van der Waals surface area contributed by atoms with E-state index in [4.69, 9.17) is 0 Å². The van der Waals surface area contributed by atoms with E-state index in [9.17, 15) is 4.79 Å². The lowest BCUT2D eigenvalue weighted by Gasteiger charge is -2.18. The molecule has 0 radical (unpaired) electrons. The van der Waals surface area contributed by atoms with Gasteiger partial charge in [0.1, 0.15) is 0 Å². The van der Waals surface area contributed by atoms with Gasteiger partial charge in [-0.2, -0.15) is 0 Å². The number of hydrogen-bond acceptors (Lipinski definition) is 1. The van der Waals surface area contributed by atoms with Crippen molar-refractivity contribution in [2.75, 3.05) is 0 Å². The third kappa shape index (κ3) is 1.99. The highest BCUT2D eigenvalue weighted by atomic mass is 16.1. The molecule has 96 valence electrons. The minimum absolute atomic E-state index is 0.0355.